The third kappa shape index (κ3) is 55.4. The summed E-state index contributed by atoms with van der Waals surface area (Å²) in [6.45, 7) is 9.26. The largest absolute Gasteiger partial charge is 0.472 e. The van der Waals surface area contributed by atoms with E-state index in [1.165, 1.54) is 70.6 Å². The SMILES string of the molecule is CCCCCC/C=C\C=C/CCCCCCCC(=O)O[C@H](COC(=O)CCCCCCCCCC(C)C)COP(=O)(O)OC[C@@H](O)COP(=O)(O)OC[C@@H](COC(=O)CCCCCCCCC)OC(=O)CCCCCCCCC(C)CC. The van der Waals surface area contributed by atoms with E-state index in [0.717, 1.165) is 128 Å². The predicted octanol–water partition coefficient (Wildman–Crippen LogP) is 16.8. The van der Waals surface area contributed by atoms with Crippen LogP contribution >= 0.6 is 15.6 Å². The van der Waals surface area contributed by atoms with Gasteiger partial charge in [0.15, 0.2) is 12.2 Å². The minimum Gasteiger partial charge on any atom is -0.462 e. The first kappa shape index (κ1) is 79.5. The van der Waals surface area contributed by atoms with E-state index >= 15 is 0 Å². The Bertz CT molecular complexity index is 1710. The summed E-state index contributed by atoms with van der Waals surface area (Å²) < 4.78 is 67.8. The van der Waals surface area contributed by atoms with Crippen LogP contribution in [0.25, 0.3) is 0 Å². The lowest BCUT2D eigenvalue weighted by Gasteiger charge is -2.21. The van der Waals surface area contributed by atoms with Crippen molar-refractivity contribution in [3.63, 3.8) is 0 Å². The van der Waals surface area contributed by atoms with Crippen LogP contribution in [0.3, 0.4) is 0 Å². The molecule has 0 heterocycles. The number of aliphatic hydroxyl groups excluding tert-OH is 1. The van der Waals surface area contributed by atoms with E-state index in [0.29, 0.717) is 31.6 Å². The second-order valence-electron chi connectivity index (χ2n) is 22.8. The maximum Gasteiger partial charge on any atom is 0.472 e. The maximum atomic E-state index is 13.0. The second-order valence-corrected chi connectivity index (χ2v) is 25.7. The van der Waals surface area contributed by atoms with Crippen molar-refractivity contribution in [2.45, 2.75) is 304 Å². The number of unbranched alkanes of at least 4 members (excludes halogenated alkanes) is 26. The van der Waals surface area contributed by atoms with Gasteiger partial charge >= 0.3 is 39.5 Å². The molecule has 0 aromatic rings. The zero-order valence-corrected chi connectivity index (χ0v) is 54.0. The van der Waals surface area contributed by atoms with E-state index in [4.69, 9.17) is 37.0 Å². The quantitative estimate of drug-likeness (QED) is 0.0169. The summed E-state index contributed by atoms with van der Waals surface area (Å²) >= 11 is 0. The summed E-state index contributed by atoms with van der Waals surface area (Å²) in [5, 5.41) is 10.5. The Morgan fingerprint density at radius 1 is 0.402 bits per heavy atom. The summed E-state index contributed by atoms with van der Waals surface area (Å²) in [5.41, 5.74) is 0. The molecule has 0 bridgehead atoms. The number of esters is 4. The van der Waals surface area contributed by atoms with Crippen LogP contribution < -0.4 is 0 Å². The molecule has 6 atom stereocenters. The molecular weight excluding hydrogens is 1090 g/mol. The number of carbonyl (C=O) groups is 4. The van der Waals surface area contributed by atoms with Crippen LogP contribution in [0.1, 0.15) is 286 Å². The third-order valence-corrected chi connectivity index (χ3v) is 16.1. The van der Waals surface area contributed by atoms with Crippen molar-refractivity contribution in [3.8, 4) is 0 Å². The van der Waals surface area contributed by atoms with Crippen LogP contribution in [0, 0.1) is 11.8 Å². The molecule has 0 saturated heterocycles. The second kappa shape index (κ2) is 55.1. The molecule has 0 aliphatic rings. The molecule has 482 valence electrons. The highest BCUT2D eigenvalue weighted by Crippen LogP contribution is 2.45. The van der Waals surface area contributed by atoms with Crippen molar-refractivity contribution in [3.05, 3.63) is 24.3 Å². The molecule has 0 rings (SSSR count). The van der Waals surface area contributed by atoms with E-state index in [9.17, 15) is 43.2 Å². The Balaban J connectivity index is 5.26. The van der Waals surface area contributed by atoms with Crippen molar-refractivity contribution >= 4 is 39.5 Å². The Kier molecular flexibility index (Phi) is 53.5. The summed E-state index contributed by atoms with van der Waals surface area (Å²) in [4.78, 5) is 72.0. The molecule has 0 radical (unpaired) electrons. The number of ether oxygens (including phenoxy) is 4. The minimum absolute atomic E-state index is 0.0837. The van der Waals surface area contributed by atoms with Crippen molar-refractivity contribution < 1.29 is 80.2 Å². The van der Waals surface area contributed by atoms with Gasteiger partial charge in [-0.05, 0) is 63.2 Å². The Morgan fingerprint density at radius 2 is 0.720 bits per heavy atom. The number of phosphoric ester groups is 2. The van der Waals surface area contributed by atoms with Gasteiger partial charge in [0.05, 0.1) is 26.4 Å². The lowest BCUT2D eigenvalue weighted by Crippen LogP contribution is -2.30. The molecule has 3 unspecified atom stereocenters. The van der Waals surface area contributed by atoms with Crippen LogP contribution in [-0.2, 0) is 65.4 Å². The average molecular weight is 1210 g/mol. The Labute approximate surface area is 497 Å². The van der Waals surface area contributed by atoms with Gasteiger partial charge in [0.1, 0.15) is 19.3 Å². The van der Waals surface area contributed by atoms with Crippen LogP contribution in [0.4, 0.5) is 0 Å². The van der Waals surface area contributed by atoms with E-state index in [1.807, 2.05) is 0 Å². The smallest absolute Gasteiger partial charge is 0.462 e. The monoisotopic (exact) mass is 1210 g/mol. The number of carbonyl (C=O) groups excluding carboxylic acids is 4. The molecule has 0 aromatic heterocycles. The van der Waals surface area contributed by atoms with Gasteiger partial charge in [0.2, 0.25) is 0 Å². The fraction of sp³-hybridized carbons (Fsp3) is 0.873. The summed E-state index contributed by atoms with van der Waals surface area (Å²) in [5.74, 6) is -0.754. The molecular formula is C63H118O17P2. The molecule has 3 N–H and O–H groups in total. The van der Waals surface area contributed by atoms with Crippen molar-refractivity contribution in [1.82, 2.24) is 0 Å². The van der Waals surface area contributed by atoms with Crippen LogP contribution in [0.5, 0.6) is 0 Å². The normalized spacial score (nSPS) is 14.9. The van der Waals surface area contributed by atoms with E-state index < -0.39 is 97.5 Å². The molecule has 0 amide bonds. The van der Waals surface area contributed by atoms with Gasteiger partial charge in [-0.25, -0.2) is 9.13 Å². The molecule has 0 fully saturated rings. The van der Waals surface area contributed by atoms with Gasteiger partial charge in [-0.2, -0.15) is 0 Å². The lowest BCUT2D eigenvalue weighted by atomic mass is 10.00. The van der Waals surface area contributed by atoms with E-state index in [1.54, 1.807) is 0 Å². The highest BCUT2D eigenvalue weighted by molar-refractivity contribution is 7.47. The number of hydrogen-bond donors (Lipinski definition) is 3. The van der Waals surface area contributed by atoms with E-state index in [-0.39, 0.29) is 25.7 Å². The van der Waals surface area contributed by atoms with Crippen molar-refractivity contribution in [2.75, 3.05) is 39.6 Å². The first-order valence-electron chi connectivity index (χ1n) is 32.3. The molecule has 0 aromatic carbocycles. The molecule has 19 heteroatoms. The van der Waals surface area contributed by atoms with Crippen LogP contribution in [0.15, 0.2) is 24.3 Å². The van der Waals surface area contributed by atoms with Gasteiger partial charge in [-0.3, -0.25) is 37.3 Å². The zero-order chi connectivity index (χ0) is 60.8. The van der Waals surface area contributed by atoms with Crippen molar-refractivity contribution in [1.29, 1.82) is 0 Å². The van der Waals surface area contributed by atoms with E-state index in [2.05, 4.69) is 65.8 Å². The maximum absolute atomic E-state index is 13.0. The molecule has 0 saturated carbocycles. The summed E-state index contributed by atoms with van der Waals surface area (Å²) in [6.07, 6.45) is 40.0. The first-order chi connectivity index (χ1) is 39.4. The summed E-state index contributed by atoms with van der Waals surface area (Å²) in [7, 11) is -9.89. The highest BCUT2D eigenvalue weighted by atomic mass is 31.2. The summed E-state index contributed by atoms with van der Waals surface area (Å²) in [6, 6.07) is 0. The average Bonchev–Trinajstić information content (AvgIpc) is 3.48. The number of hydrogen-bond acceptors (Lipinski definition) is 15. The fourth-order valence-electron chi connectivity index (χ4n) is 8.78. The highest BCUT2D eigenvalue weighted by Gasteiger charge is 2.30. The number of aliphatic hydroxyl groups is 1. The lowest BCUT2D eigenvalue weighted by molar-refractivity contribution is -0.161. The van der Waals surface area contributed by atoms with Gasteiger partial charge in [-0.1, -0.05) is 233 Å². The standard InChI is InChI=1S/C63H118O17P2/c1-7-10-12-14-16-17-18-19-20-21-22-23-27-35-41-47-62(67)79-58(52-74-61(66)46-40-34-28-24-26-31-37-43-55(4)5)53-77-81(69,70)75-49-57(64)50-76-82(71,72)78-54-59(51-73-60(65)45-39-33-25-15-13-11-8-2)80-63(68)48-42-36-30-29-32-38-44-56(6)9-3/h17-20,55-59,64H,7-16,21-54H2,1-6H3,(H,69,70)(H,71,72)/b18-17-,20-19-/t56?,57-,58-,59-/m1/s1. The number of rotatable bonds is 60. The van der Waals surface area contributed by atoms with Gasteiger partial charge in [0, 0.05) is 25.7 Å². The predicted molar refractivity (Wildman–Crippen MR) is 326 cm³/mol. The number of allylic oxidation sites excluding steroid dienone is 4. The molecule has 0 aliphatic carbocycles. The molecule has 17 nitrogen and oxygen atoms in total. The zero-order valence-electron chi connectivity index (χ0n) is 52.3. The van der Waals surface area contributed by atoms with Crippen molar-refractivity contribution in [2.24, 2.45) is 11.8 Å². The molecule has 0 aliphatic heterocycles. The first-order valence-corrected chi connectivity index (χ1v) is 35.3. The number of phosphoric acid groups is 2. The fourth-order valence-corrected chi connectivity index (χ4v) is 10.4. The molecule has 0 spiro atoms. The third-order valence-electron chi connectivity index (χ3n) is 14.2. The topological polar surface area (TPSA) is 237 Å². The Morgan fingerprint density at radius 3 is 1.10 bits per heavy atom. The Hall–Kier alpha value is -2.46. The molecule has 82 heavy (non-hydrogen) atoms. The van der Waals surface area contributed by atoms with Gasteiger partial charge in [0.25, 0.3) is 0 Å². The van der Waals surface area contributed by atoms with Gasteiger partial charge < -0.3 is 33.8 Å². The van der Waals surface area contributed by atoms with Crippen LogP contribution in [0.2, 0.25) is 0 Å². The van der Waals surface area contributed by atoms with Gasteiger partial charge in [-0.15, -0.1) is 0 Å². The minimum atomic E-state index is -4.95. The van der Waals surface area contributed by atoms with Crippen LogP contribution in [-0.4, -0.2) is 96.7 Å².